The highest BCUT2D eigenvalue weighted by molar-refractivity contribution is 7.90. The number of hydrogen-bond donors (Lipinski definition) is 3. The van der Waals surface area contributed by atoms with Crippen molar-refractivity contribution in [1.82, 2.24) is 9.55 Å². The molecule has 0 spiro atoms. The third kappa shape index (κ3) is 3.97. The number of amides is 1. The molecule has 9 nitrogen and oxygen atoms in total. The number of benzene rings is 1. The van der Waals surface area contributed by atoms with Crippen molar-refractivity contribution in [3.8, 4) is 0 Å². The number of fused-ring (bicyclic) bond motifs is 1. The molecule has 3 rings (SSSR count). The highest BCUT2D eigenvalue weighted by atomic mass is 32.2. The predicted octanol–water partition coefficient (Wildman–Crippen LogP) is 0.361. The van der Waals surface area contributed by atoms with E-state index < -0.39 is 39.1 Å². The van der Waals surface area contributed by atoms with Gasteiger partial charge in [0.1, 0.15) is 11.7 Å². The van der Waals surface area contributed by atoms with Crippen molar-refractivity contribution in [2.75, 3.05) is 6.26 Å². The third-order valence-corrected chi connectivity index (χ3v) is 5.88. The van der Waals surface area contributed by atoms with Gasteiger partial charge >= 0.3 is 0 Å². The van der Waals surface area contributed by atoms with E-state index in [1.807, 2.05) is 0 Å². The molecule has 3 aromatic rings. The zero-order valence-electron chi connectivity index (χ0n) is 16.3. The highest BCUT2D eigenvalue weighted by Crippen LogP contribution is 2.27. The minimum absolute atomic E-state index is 0.0103. The normalized spacial score (nSPS) is 13.9. The van der Waals surface area contributed by atoms with Gasteiger partial charge in [-0.1, -0.05) is 12.1 Å². The van der Waals surface area contributed by atoms with E-state index >= 15 is 0 Å². The summed E-state index contributed by atoms with van der Waals surface area (Å²) >= 11 is 0. The van der Waals surface area contributed by atoms with E-state index in [9.17, 15) is 28.2 Å². The Morgan fingerprint density at radius 1 is 1.20 bits per heavy atom. The summed E-state index contributed by atoms with van der Waals surface area (Å²) in [4.78, 5) is 29.6. The smallest absolute Gasteiger partial charge is 0.264 e. The van der Waals surface area contributed by atoms with E-state index in [2.05, 4.69) is 4.98 Å². The number of hydrogen-bond acceptors (Lipinski definition) is 7. The van der Waals surface area contributed by atoms with E-state index in [0.29, 0.717) is 11.1 Å². The van der Waals surface area contributed by atoms with Crippen LogP contribution in [0, 0.1) is 0 Å². The third-order valence-electron chi connectivity index (χ3n) is 4.75. The maximum atomic E-state index is 13.1. The standard InChI is InChI=1S/C20H21N3O6S/c1-11(24)18(25)15-16(19(21)26)20(27)23(14-4-3-9-22-17(14)15)10-12-5-7-13(8-6-12)30(2,28)29/h3-9,11,18,24-25H,10H2,1-2H3,(H2,21,26). The van der Waals surface area contributed by atoms with Gasteiger partial charge in [-0.15, -0.1) is 0 Å². The number of pyridine rings is 2. The Hall–Kier alpha value is -3.08. The minimum Gasteiger partial charge on any atom is -0.390 e. The molecule has 1 aromatic carbocycles. The van der Waals surface area contributed by atoms with Gasteiger partial charge in [0.15, 0.2) is 9.84 Å². The zero-order valence-corrected chi connectivity index (χ0v) is 17.1. The zero-order chi connectivity index (χ0) is 22.2. The fraction of sp³-hybridized carbons (Fsp3) is 0.250. The molecule has 0 fully saturated rings. The largest absolute Gasteiger partial charge is 0.390 e. The first-order chi connectivity index (χ1) is 14.0. The number of primary amides is 1. The average molecular weight is 431 g/mol. The van der Waals surface area contributed by atoms with Gasteiger partial charge in [-0.05, 0) is 36.8 Å². The molecule has 0 aliphatic rings. The predicted molar refractivity (Wildman–Crippen MR) is 110 cm³/mol. The van der Waals surface area contributed by atoms with Crippen molar-refractivity contribution in [1.29, 1.82) is 0 Å². The van der Waals surface area contributed by atoms with Crippen LogP contribution < -0.4 is 11.3 Å². The SMILES string of the molecule is CC(O)C(O)c1c(C(N)=O)c(=O)n(Cc2ccc(S(C)(=O)=O)cc2)c2cccnc12. The number of aromatic nitrogens is 2. The summed E-state index contributed by atoms with van der Waals surface area (Å²) < 4.78 is 24.6. The molecule has 2 atom stereocenters. The Kier molecular flexibility index (Phi) is 5.75. The molecule has 0 aliphatic carbocycles. The Morgan fingerprint density at radius 3 is 2.37 bits per heavy atom. The lowest BCUT2D eigenvalue weighted by Gasteiger charge is -2.21. The van der Waals surface area contributed by atoms with Crippen LogP contribution in [0.4, 0.5) is 0 Å². The van der Waals surface area contributed by atoms with Gasteiger partial charge < -0.3 is 20.5 Å². The molecule has 0 radical (unpaired) electrons. The highest BCUT2D eigenvalue weighted by Gasteiger charge is 2.28. The molecule has 2 aromatic heterocycles. The first kappa shape index (κ1) is 21.6. The van der Waals surface area contributed by atoms with E-state index in [1.165, 1.54) is 29.8 Å². The summed E-state index contributed by atoms with van der Waals surface area (Å²) in [5, 5.41) is 20.3. The van der Waals surface area contributed by atoms with E-state index in [0.717, 1.165) is 6.26 Å². The second-order valence-electron chi connectivity index (χ2n) is 7.02. The topological polar surface area (TPSA) is 153 Å². The minimum atomic E-state index is -3.37. The van der Waals surface area contributed by atoms with Gasteiger partial charge in [0, 0.05) is 18.0 Å². The number of carbonyl (C=O) groups excluding carboxylic acids is 1. The molecule has 0 saturated carbocycles. The lowest BCUT2D eigenvalue weighted by Crippen LogP contribution is -2.34. The van der Waals surface area contributed by atoms with Gasteiger partial charge in [-0.2, -0.15) is 0 Å². The van der Waals surface area contributed by atoms with Crippen LogP contribution in [0.25, 0.3) is 11.0 Å². The van der Waals surface area contributed by atoms with Crippen molar-refractivity contribution in [2.45, 2.75) is 30.6 Å². The van der Waals surface area contributed by atoms with E-state index in [1.54, 1.807) is 24.3 Å². The molecule has 0 saturated heterocycles. The van der Waals surface area contributed by atoms with Gasteiger partial charge in [-0.25, -0.2) is 8.42 Å². The Morgan fingerprint density at radius 2 is 1.83 bits per heavy atom. The summed E-state index contributed by atoms with van der Waals surface area (Å²) in [7, 11) is -3.37. The van der Waals surface area contributed by atoms with Crippen LogP contribution in [-0.4, -0.2) is 46.4 Å². The molecule has 2 heterocycles. The lowest BCUT2D eigenvalue weighted by molar-refractivity contribution is 0.0306. The molecule has 0 aliphatic heterocycles. The molecular formula is C20H21N3O6S. The van der Waals surface area contributed by atoms with E-state index in [4.69, 9.17) is 5.73 Å². The van der Waals surface area contributed by atoms with Crippen LogP contribution in [0.2, 0.25) is 0 Å². The van der Waals surface area contributed by atoms with Crippen molar-refractivity contribution in [3.63, 3.8) is 0 Å². The van der Waals surface area contributed by atoms with Crippen LogP contribution in [0.15, 0.2) is 52.3 Å². The van der Waals surface area contributed by atoms with Crippen molar-refractivity contribution < 1.29 is 23.4 Å². The Labute approximate surface area is 172 Å². The number of aliphatic hydroxyl groups excluding tert-OH is 2. The van der Waals surface area contributed by atoms with Crippen molar-refractivity contribution >= 4 is 26.8 Å². The van der Waals surface area contributed by atoms with Crippen LogP contribution in [0.3, 0.4) is 0 Å². The lowest BCUT2D eigenvalue weighted by atomic mass is 9.97. The maximum Gasteiger partial charge on any atom is 0.264 e. The first-order valence-electron chi connectivity index (χ1n) is 8.98. The van der Waals surface area contributed by atoms with Crippen molar-refractivity contribution in [2.24, 2.45) is 5.73 Å². The molecule has 2 unspecified atom stereocenters. The maximum absolute atomic E-state index is 13.1. The van der Waals surface area contributed by atoms with Gasteiger partial charge in [0.05, 0.1) is 28.6 Å². The number of carbonyl (C=O) groups is 1. The summed E-state index contributed by atoms with van der Waals surface area (Å²) in [6.07, 6.45) is -0.286. The number of nitrogens with two attached hydrogens (primary N) is 1. The summed E-state index contributed by atoms with van der Waals surface area (Å²) in [5.74, 6) is -1.05. The number of nitrogens with zero attached hydrogens (tertiary/aromatic N) is 2. The quantitative estimate of drug-likeness (QED) is 0.509. The second-order valence-corrected chi connectivity index (χ2v) is 9.03. The molecule has 1 amide bonds. The second kappa shape index (κ2) is 7.98. The molecular weight excluding hydrogens is 410 g/mol. The fourth-order valence-electron chi connectivity index (χ4n) is 3.25. The average Bonchev–Trinajstić information content (AvgIpc) is 2.68. The van der Waals surface area contributed by atoms with Crippen LogP contribution in [-0.2, 0) is 16.4 Å². The summed E-state index contributed by atoms with van der Waals surface area (Å²) in [6.45, 7) is 1.33. The van der Waals surface area contributed by atoms with Crippen LogP contribution >= 0.6 is 0 Å². The Bertz CT molecular complexity index is 1280. The van der Waals surface area contributed by atoms with Crippen molar-refractivity contribution in [3.05, 3.63) is 69.6 Å². The number of aliphatic hydroxyl groups is 2. The van der Waals surface area contributed by atoms with Gasteiger partial charge in [0.25, 0.3) is 11.5 Å². The van der Waals surface area contributed by atoms with Gasteiger partial charge in [-0.3, -0.25) is 14.6 Å². The number of rotatable bonds is 6. The molecule has 30 heavy (non-hydrogen) atoms. The molecule has 10 heteroatoms. The van der Waals surface area contributed by atoms with E-state index in [-0.39, 0.29) is 22.5 Å². The molecule has 4 N–H and O–H groups in total. The molecule has 0 bridgehead atoms. The van der Waals surface area contributed by atoms with Gasteiger partial charge in [0.2, 0.25) is 0 Å². The summed E-state index contributed by atoms with van der Waals surface area (Å²) in [6, 6.07) is 9.17. The summed E-state index contributed by atoms with van der Waals surface area (Å²) in [5.41, 5.74) is 5.20. The fourth-order valence-corrected chi connectivity index (χ4v) is 3.88. The Balaban J connectivity index is 2.26. The number of sulfone groups is 1. The van der Waals surface area contributed by atoms with Crippen LogP contribution in [0.1, 0.15) is 34.5 Å². The monoisotopic (exact) mass is 431 g/mol. The molecule has 158 valence electrons. The first-order valence-corrected chi connectivity index (χ1v) is 10.9. The van der Waals surface area contributed by atoms with Crippen LogP contribution in [0.5, 0.6) is 0 Å².